The summed E-state index contributed by atoms with van der Waals surface area (Å²) < 4.78 is 0. The summed E-state index contributed by atoms with van der Waals surface area (Å²) in [5.74, 6) is -0.237. The highest BCUT2D eigenvalue weighted by atomic mass is 16.1. The number of nitrogen functional groups attached to an aromatic ring is 2. The number of ketones is 1. The quantitative estimate of drug-likeness (QED) is 0.616. The van der Waals surface area contributed by atoms with Gasteiger partial charge >= 0.3 is 0 Å². The molecule has 0 radical (unpaired) electrons. The number of rotatable bonds is 2. The van der Waals surface area contributed by atoms with Crippen molar-refractivity contribution in [2.24, 2.45) is 0 Å². The molecule has 0 aromatic heterocycles. The van der Waals surface area contributed by atoms with E-state index in [1.54, 1.807) is 24.3 Å². The zero-order chi connectivity index (χ0) is 13.1. The Kier molecular flexibility index (Phi) is 2.98. The number of benzene rings is 2. The first kappa shape index (κ1) is 11.7. The van der Waals surface area contributed by atoms with Crippen LogP contribution in [0.25, 0.3) is 0 Å². The van der Waals surface area contributed by atoms with Crippen LogP contribution in [0.4, 0.5) is 11.4 Å². The maximum Gasteiger partial charge on any atom is 0.194 e. The number of carbonyl (C=O) groups is 1. The molecular weight excluding hydrogens is 226 g/mol. The number of hydrogen-bond donors (Lipinski definition) is 2. The highest BCUT2D eigenvalue weighted by molar-refractivity contribution is 6.11. The standard InChI is InChI=1S/C14H11N3O/c15-8-10-6-12(16)13(17)7-11(10)14(18)9-4-2-1-3-5-9/h1-7H,16-17H2. The minimum atomic E-state index is -0.237. The summed E-state index contributed by atoms with van der Waals surface area (Å²) in [6.45, 7) is 0. The van der Waals surface area contributed by atoms with Crippen molar-refractivity contribution in [1.82, 2.24) is 0 Å². The van der Waals surface area contributed by atoms with Crippen LogP contribution in [-0.4, -0.2) is 5.78 Å². The van der Waals surface area contributed by atoms with Crippen molar-refractivity contribution in [2.75, 3.05) is 11.5 Å². The Hall–Kier alpha value is -2.80. The Morgan fingerprint density at radius 1 is 1.06 bits per heavy atom. The van der Waals surface area contributed by atoms with Gasteiger partial charge in [0.1, 0.15) is 0 Å². The average Bonchev–Trinajstić information content (AvgIpc) is 2.41. The second kappa shape index (κ2) is 4.60. The highest BCUT2D eigenvalue weighted by Gasteiger charge is 2.15. The molecule has 0 fully saturated rings. The predicted molar refractivity (Wildman–Crippen MR) is 69.9 cm³/mol. The van der Waals surface area contributed by atoms with Crippen molar-refractivity contribution < 1.29 is 4.79 Å². The number of nitrogens with zero attached hydrogens (tertiary/aromatic N) is 1. The summed E-state index contributed by atoms with van der Waals surface area (Å²) in [5.41, 5.74) is 12.9. The lowest BCUT2D eigenvalue weighted by Gasteiger charge is -2.07. The van der Waals surface area contributed by atoms with Gasteiger partial charge in [0, 0.05) is 11.1 Å². The molecule has 0 bridgehead atoms. The van der Waals surface area contributed by atoms with Crippen LogP contribution in [-0.2, 0) is 0 Å². The van der Waals surface area contributed by atoms with E-state index in [2.05, 4.69) is 0 Å². The van der Waals surface area contributed by atoms with Crippen molar-refractivity contribution in [3.8, 4) is 6.07 Å². The minimum Gasteiger partial charge on any atom is -0.397 e. The molecule has 0 atom stereocenters. The van der Waals surface area contributed by atoms with Crippen LogP contribution < -0.4 is 11.5 Å². The summed E-state index contributed by atoms with van der Waals surface area (Å²) in [5, 5.41) is 9.03. The molecule has 0 saturated heterocycles. The number of nitrogens with two attached hydrogens (primary N) is 2. The molecule has 0 aliphatic carbocycles. The molecule has 2 rings (SSSR count). The molecule has 0 amide bonds. The van der Waals surface area contributed by atoms with Crippen LogP contribution in [0.15, 0.2) is 42.5 Å². The Morgan fingerprint density at radius 3 is 2.28 bits per heavy atom. The molecule has 4 heteroatoms. The molecule has 0 saturated carbocycles. The minimum absolute atomic E-state index is 0.232. The van der Waals surface area contributed by atoms with E-state index < -0.39 is 0 Å². The summed E-state index contributed by atoms with van der Waals surface area (Å²) in [6.07, 6.45) is 0. The molecule has 0 aliphatic heterocycles. The number of nitriles is 1. The van der Waals surface area contributed by atoms with E-state index in [4.69, 9.17) is 16.7 Å². The molecule has 2 aromatic rings. The summed E-state index contributed by atoms with van der Waals surface area (Å²) >= 11 is 0. The molecule has 2 aromatic carbocycles. The first-order valence-electron chi connectivity index (χ1n) is 5.32. The van der Waals surface area contributed by atoms with Crippen molar-refractivity contribution in [2.45, 2.75) is 0 Å². The van der Waals surface area contributed by atoms with Gasteiger partial charge in [0.15, 0.2) is 5.78 Å². The van der Waals surface area contributed by atoms with Gasteiger partial charge in [-0.15, -0.1) is 0 Å². The lowest BCUT2D eigenvalue weighted by molar-refractivity contribution is 0.103. The maximum atomic E-state index is 12.2. The molecule has 0 spiro atoms. The van der Waals surface area contributed by atoms with Crippen LogP contribution in [0.3, 0.4) is 0 Å². The molecular formula is C14H11N3O. The zero-order valence-electron chi connectivity index (χ0n) is 9.55. The van der Waals surface area contributed by atoms with Crippen LogP contribution in [0, 0.1) is 11.3 Å². The zero-order valence-corrected chi connectivity index (χ0v) is 9.55. The Bertz CT molecular complexity index is 642. The Balaban J connectivity index is 2.56. The third-order valence-corrected chi connectivity index (χ3v) is 2.62. The van der Waals surface area contributed by atoms with Crippen LogP contribution in [0.1, 0.15) is 21.5 Å². The monoisotopic (exact) mass is 237 g/mol. The number of carbonyl (C=O) groups excluding carboxylic acids is 1. The topological polar surface area (TPSA) is 92.9 Å². The predicted octanol–water partition coefficient (Wildman–Crippen LogP) is 1.95. The van der Waals surface area contributed by atoms with Gasteiger partial charge in [-0.2, -0.15) is 5.26 Å². The lowest BCUT2D eigenvalue weighted by atomic mass is 9.97. The summed E-state index contributed by atoms with van der Waals surface area (Å²) in [6, 6.07) is 13.6. The van der Waals surface area contributed by atoms with Crippen molar-refractivity contribution >= 4 is 17.2 Å². The molecule has 18 heavy (non-hydrogen) atoms. The van der Waals surface area contributed by atoms with Crippen molar-refractivity contribution in [3.05, 3.63) is 59.2 Å². The first-order valence-corrected chi connectivity index (χ1v) is 5.32. The summed E-state index contributed by atoms with van der Waals surface area (Å²) in [4.78, 5) is 12.2. The maximum absolute atomic E-state index is 12.2. The molecule has 0 unspecified atom stereocenters. The average molecular weight is 237 g/mol. The molecule has 0 heterocycles. The van der Waals surface area contributed by atoms with Gasteiger partial charge in [-0.1, -0.05) is 30.3 Å². The van der Waals surface area contributed by atoms with Gasteiger partial charge in [0.25, 0.3) is 0 Å². The SMILES string of the molecule is N#Cc1cc(N)c(N)cc1C(=O)c1ccccc1. The number of hydrogen-bond acceptors (Lipinski definition) is 4. The first-order chi connectivity index (χ1) is 8.63. The fourth-order valence-electron chi connectivity index (χ4n) is 1.66. The van der Waals surface area contributed by atoms with Gasteiger partial charge in [-0.25, -0.2) is 0 Å². The lowest BCUT2D eigenvalue weighted by Crippen LogP contribution is -2.06. The van der Waals surface area contributed by atoms with Crippen molar-refractivity contribution in [1.29, 1.82) is 5.26 Å². The molecule has 88 valence electrons. The molecule has 4 N–H and O–H groups in total. The van der Waals surface area contributed by atoms with E-state index in [0.29, 0.717) is 16.9 Å². The van der Waals surface area contributed by atoms with E-state index in [1.807, 2.05) is 12.1 Å². The Morgan fingerprint density at radius 2 is 1.67 bits per heavy atom. The Labute approximate surface area is 104 Å². The van der Waals surface area contributed by atoms with E-state index in [9.17, 15) is 4.79 Å². The normalized spacial score (nSPS) is 9.72. The number of anilines is 2. The van der Waals surface area contributed by atoms with Gasteiger partial charge in [0.2, 0.25) is 0 Å². The van der Waals surface area contributed by atoms with Crippen molar-refractivity contribution in [3.63, 3.8) is 0 Å². The largest absolute Gasteiger partial charge is 0.397 e. The van der Waals surface area contributed by atoms with Crippen LogP contribution in [0.2, 0.25) is 0 Å². The van der Waals surface area contributed by atoms with Gasteiger partial charge in [0.05, 0.1) is 23.0 Å². The summed E-state index contributed by atoms with van der Waals surface area (Å²) in [7, 11) is 0. The smallest absolute Gasteiger partial charge is 0.194 e. The van der Waals surface area contributed by atoms with Gasteiger partial charge in [-0.3, -0.25) is 4.79 Å². The van der Waals surface area contributed by atoms with Gasteiger partial charge in [-0.05, 0) is 12.1 Å². The van der Waals surface area contributed by atoms with E-state index in [-0.39, 0.29) is 16.9 Å². The molecule has 0 aliphatic rings. The van der Waals surface area contributed by atoms with Crippen LogP contribution >= 0.6 is 0 Å². The fraction of sp³-hybridized carbons (Fsp3) is 0. The van der Waals surface area contributed by atoms with E-state index in [0.717, 1.165) is 0 Å². The van der Waals surface area contributed by atoms with E-state index >= 15 is 0 Å². The molecule has 4 nitrogen and oxygen atoms in total. The third-order valence-electron chi connectivity index (χ3n) is 2.62. The van der Waals surface area contributed by atoms with Crippen LogP contribution in [0.5, 0.6) is 0 Å². The second-order valence-corrected chi connectivity index (χ2v) is 3.83. The van der Waals surface area contributed by atoms with E-state index in [1.165, 1.54) is 12.1 Å². The third kappa shape index (κ3) is 2.02. The second-order valence-electron chi connectivity index (χ2n) is 3.83. The van der Waals surface area contributed by atoms with Gasteiger partial charge < -0.3 is 11.5 Å². The fourth-order valence-corrected chi connectivity index (χ4v) is 1.66. The highest BCUT2D eigenvalue weighted by Crippen LogP contribution is 2.22.